The summed E-state index contributed by atoms with van der Waals surface area (Å²) in [5.41, 5.74) is 3.48. The summed E-state index contributed by atoms with van der Waals surface area (Å²) >= 11 is 6.97. The fourth-order valence-corrected chi connectivity index (χ4v) is 4.61. The highest BCUT2D eigenvalue weighted by Gasteiger charge is 2.35. The van der Waals surface area contributed by atoms with Crippen LogP contribution >= 0.6 is 23.4 Å². The summed E-state index contributed by atoms with van der Waals surface area (Å²) in [6.45, 7) is 4.13. The van der Waals surface area contributed by atoms with Crippen molar-refractivity contribution in [3.63, 3.8) is 0 Å². The Balaban J connectivity index is 1.50. The van der Waals surface area contributed by atoms with Crippen LogP contribution in [0.25, 0.3) is 11.8 Å². The van der Waals surface area contributed by atoms with Gasteiger partial charge in [0.2, 0.25) is 0 Å². The van der Waals surface area contributed by atoms with Crippen molar-refractivity contribution in [1.29, 1.82) is 0 Å². The van der Waals surface area contributed by atoms with E-state index in [2.05, 4.69) is 0 Å². The minimum absolute atomic E-state index is 0.127. The Hall–Kier alpha value is -3.03. The zero-order valence-corrected chi connectivity index (χ0v) is 19.0. The predicted octanol–water partition coefficient (Wildman–Crippen LogP) is 6.00. The van der Waals surface area contributed by atoms with Crippen LogP contribution in [-0.2, 0) is 4.79 Å². The van der Waals surface area contributed by atoms with Crippen LogP contribution < -0.4 is 4.74 Å². The Morgan fingerprint density at radius 3 is 2.53 bits per heavy atom. The Kier molecular flexibility index (Phi) is 6.39. The summed E-state index contributed by atoms with van der Waals surface area (Å²) in [5.74, 6) is -0.150. The molecule has 0 atom stereocenters. The van der Waals surface area contributed by atoms with Gasteiger partial charge in [-0.3, -0.25) is 14.5 Å². The van der Waals surface area contributed by atoms with Crippen LogP contribution in [0.15, 0.2) is 59.5 Å². The molecule has 1 aliphatic rings. The number of aryl methyl sites for hydroxylation is 1. The number of aromatic nitrogens is 1. The van der Waals surface area contributed by atoms with Gasteiger partial charge in [0.05, 0.1) is 16.5 Å². The molecule has 0 radical (unpaired) electrons. The number of para-hydroxylation sites is 1. The zero-order valence-electron chi connectivity index (χ0n) is 17.5. The molecule has 0 unspecified atom stereocenters. The Labute approximate surface area is 194 Å². The van der Waals surface area contributed by atoms with E-state index >= 15 is 0 Å². The lowest BCUT2D eigenvalue weighted by Gasteiger charge is -2.13. The van der Waals surface area contributed by atoms with Gasteiger partial charge in [-0.2, -0.15) is 0 Å². The van der Waals surface area contributed by atoms with Gasteiger partial charge in [-0.1, -0.05) is 23.7 Å². The number of hydrogen-bond donors (Lipinski definition) is 0. The number of benzene rings is 2. The molecule has 164 valence electrons. The number of nitrogens with zero attached hydrogens (tertiary/aromatic N) is 2. The summed E-state index contributed by atoms with van der Waals surface area (Å²) < 4.78 is 20.9. The van der Waals surface area contributed by atoms with E-state index in [0.717, 1.165) is 34.4 Å². The summed E-state index contributed by atoms with van der Waals surface area (Å²) in [5, 5.41) is 0.134. The molecule has 5 nitrogen and oxygen atoms in total. The molecule has 2 amide bonds. The number of carbonyl (C=O) groups is 2. The first kappa shape index (κ1) is 22.2. The fourth-order valence-electron chi connectivity index (χ4n) is 3.56. The van der Waals surface area contributed by atoms with E-state index in [1.165, 1.54) is 17.0 Å². The van der Waals surface area contributed by atoms with Gasteiger partial charge >= 0.3 is 0 Å². The summed E-state index contributed by atoms with van der Waals surface area (Å²) in [6, 6.07) is 15.2. The van der Waals surface area contributed by atoms with Crippen LogP contribution in [0.2, 0.25) is 5.02 Å². The second-order valence-corrected chi connectivity index (χ2v) is 8.65. The molecule has 2 heterocycles. The fraction of sp³-hybridized carbons (Fsp3) is 0.167. The second kappa shape index (κ2) is 9.22. The third-order valence-corrected chi connectivity index (χ3v) is 6.34. The Bertz CT molecular complexity index is 1220. The monoisotopic (exact) mass is 470 g/mol. The Morgan fingerprint density at radius 2 is 1.81 bits per heavy atom. The molecule has 3 aromatic rings. The lowest BCUT2D eigenvalue weighted by Crippen LogP contribution is -2.32. The molecule has 0 N–H and O–H groups in total. The molecule has 4 rings (SSSR count). The maximum atomic E-state index is 13.3. The number of halogens is 2. The lowest BCUT2D eigenvalue weighted by molar-refractivity contribution is -0.123. The van der Waals surface area contributed by atoms with Crippen LogP contribution in [0.1, 0.15) is 17.0 Å². The molecule has 0 bridgehead atoms. The number of hydrogen-bond acceptors (Lipinski definition) is 4. The van der Waals surface area contributed by atoms with Gasteiger partial charge < -0.3 is 9.30 Å². The molecule has 0 saturated carbocycles. The maximum Gasteiger partial charge on any atom is 0.293 e. The van der Waals surface area contributed by atoms with E-state index in [4.69, 9.17) is 16.3 Å². The van der Waals surface area contributed by atoms with Crippen molar-refractivity contribution in [3.05, 3.63) is 87.3 Å². The number of amides is 2. The van der Waals surface area contributed by atoms with Crippen molar-refractivity contribution < 1.29 is 18.7 Å². The molecule has 8 heteroatoms. The molecule has 2 aromatic carbocycles. The normalized spacial score (nSPS) is 15.1. The standard InChI is InChI=1S/C24H20ClFN2O3S/c1-15-13-17(16(2)28(15)19-9-7-18(26)8-10-19)14-22-23(29)27(24(30)32-22)11-12-31-21-6-4-3-5-20(21)25/h3-10,13-14H,11-12H2,1-2H3/b22-14-. The van der Waals surface area contributed by atoms with Gasteiger partial charge in [0.25, 0.3) is 11.1 Å². The van der Waals surface area contributed by atoms with Crippen molar-refractivity contribution >= 4 is 40.6 Å². The number of carbonyl (C=O) groups excluding carboxylic acids is 2. The largest absolute Gasteiger partial charge is 0.490 e. The quantitative estimate of drug-likeness (QED) is 0.414. The van der Waals surface area contributed by atoms with Crippen LogP contribution in [0.3, 0.4) is 0 Å². The highest BCUT2D eigenvalue weighted by molar-refractivity contribution is 8.18. The van der Waals surface area contributed by atoms with Crippen molar-refractivity contribution in [2.45, 2.75) is 13.8 Å². The minimum Gasteiger partial charge on any atom is -0.490 e. The van der Waals surface area contributed by atoms with E-state index in [-0.39, 0.29) is 30.1 Å². The number of imide groups is 1. The van der Waals surface area contributed by atoms with E-state index < -0.39 is 0 Å². The SMILES string of the molecule is Cc1cc(/C=C2\SC(=O)N(CCOc3ccccc3Cl)C2=O)c(C)n1-c1ccc(F)cc1. The van der Waals surface area contributed by atoms with Crippen LogP contribution in [-0.4, -0.2) is 33.8 Å². The van der Waals surface area contributed by atoms with Gasteiger partial charge in [-0.15, -0.1) is 0 Å². The first-order valence-electron chi connectivity index (χ1n) is 9.92. The molecular formula is C24H20ClFN2O3S. The average Bonchev–Trinajstić information content (AvgIpc) is 3.19. The first-order valence-corrected chi connectivity index (χ1v) is 11.1. The highest BCUT2D eigenvalue weighted by Crippen LogP contribution is 2.34. The third-order valence-electron chi connectivity index (χ3n) is 5.12. The molecule has 0 aliphatic carbocycles. The second-order valence-electron chi connectivity index (χ2n) is 7.25. The number of thioether (sulfide) groups is 1. The highest BCUT2D eigenvalue weighted by atomic mass is 35.5. The third kappa shape index (κ3) is 4.45. The topological polar surface area (TPSA) is 51.5 Å². The van der Waals surface area contributed by atoms with Gasteiger partial charge in [0.1, 0.15) is 18.2 Å². The zero-order chi connectivity index (χ0) is 22.8. The summed E-state index contributed by atoms with van der Waals surface area (Å²) in [4.78, 5) is 26.8. The number of ether oxygens (including phenoxy) is 1. The van der Waals surface area contributed by atoms with Crippen molar-refractivity contribution in [1.82, 2.24) is 9.47 Å². The van der Waals surface area contributed by atoms with Gasteiger partial charge in [0.15, 0.2) is 0 Å². The van der Waals surface area contributed by atoms with Crippen molar-refractivity contribution in [2.24, 2.45) is 0 Å². The summed E-state index contributed by atoms with van der Waals surface area (Å²) in [6.07, 6.45) is 1.72. The predicted molar refractivity (Wildman–Crippen MR) is 125 cm³/mol. The van der Waals surface area contributed by atoms with Gasteiger partial charge in [-0.25, -0.2) is 4.39 Å². The van der Waals surface area contributed by atoms with E-state index in [1.54, 1.807) is 42.5 Å². The molecule has 0 spiro atoms. The van der Waals surface area contributed by atoms with E-state index in [9.17, 15) is 14.0 Å². The number of rotatable bonds is 6. The molecular weight excluding hydrogens is 451 g/mol. The molecule has 1 fully saturated rings. The van der Waals surface area contributed by atoms with Crippen LogP contribution in [0.4, 0.5) is 9.18 Å². The van der Waals surface area contributed by atoms with Gasteiger partial charge in [-0.05, 0) is 79.7 Å². The molecule has 32 heavy (non-hydrogen) atoms. The molecule has 1 aliphatic heterocycles. The Morgan fingerprint density at radius 1 is 1.09 bits per heavy atom. The molecule has 1 aromatic heterocycles. The average molecular weight is 471 g/mol. The first-order chi connectivity index (χ1) is 15.3. The summed E-state index contributed by atoms with van der Waals surface area (Å²) in [7, 11) is 0. The van der Waals surface area contributed by atoms with E-state index in [0.29, 0.717) is 15.7 Å². The lowest BCUT2D eigenvalue weighted by atomic mass is 10.2. The smallest absolute Gasteiger partial charge is 0.293 e. The van der Waals surface area contributed by atoms with Crippen LogP contribution in [0.5, 0.6) is 5.75 Å². The van der Waals surface area contributed by atoms with Gasteiger partial charge in [0, 0.05) is 17.1 Å². The van der Waals surface area contributed by atoms with Crippen LogP contribution in [0, 0.1) is 19.7 Å². The van der Waals surface area contributed by atoms with Crippen molar-refractivity contribution in [2.75, 3.05) is 13.2 Å². The maximum absolute atomic E-state index is 13.3. The minimum atomic E-state index is -0.352. The van der Waals surface area contributed by atoms with Crippen molar-refractivity contribution in [3.8, 4) is 11.4 Å². The van der Waals surface area contributed by atoms with E-state index in [1.807, 2.05) is 24.5 Å². The molecule has 1 saturated heterocycles.